The van der Waals surface area contributed by atoms with Gasteiger partial charge in [-0.15, -0.1) is 0 Å². The highest BCUT2D eigenvalue weighted by atomic mass is 79.9. The van der Waals surface area contributed by atoms with Crippen molar-refractivity contribution in [2.75, 3.05) is 6.54 Å². The van der Waals surface area contributed by atoms with Crippen molar-refractivity contribution < 1.29 is 4.79 Å². The van der Waals surface area contributed by atoms with E-state index in [1.54, 1.807) is 0 Å². The molecule has 1 saturated carbocycles. The predicted octanol–water partition coefficient (Wildman–Crippen LogP) is 3.63. The molecule has 1 heterocycles. The van der Waals surface area contributed by atoms with E-state index in [0.29, 0.717) is 18.2 Å². The van der Waals surface area contributed by atoms with Crippen LogP contribution in [0.3, 0.4) is 0 Å². The Labute approximate surface area is 135 Å². The Bertz CT molecular complexity index is 519. The SMILES string of the molecule is N[C@@H]1CCC[C@H]1CC(=O)N1CCCC1c1cccc(Br)c1. The van der Waals surface area contributed by atoms with Crippen LogP contribution in [0.1, 0.15) is 50.1 Å². The van der Waals surface area contributed by atoms with Crippen molar-refractivity contribution >= 4 is 21.8 Å². The van der Waals surface area contributed by atoms with E-state index in [1.165, 1.54) is 12.0 Å². The number of benzene rings is 1. The Kier molecular flexibility index (Phi) is 4.65. The Hall–Kier alpha value is -0.870. The van der Waals surface area contributed by atoms with Crippen molar-refractivity contribution in [2.24, 2.45) is 11.7 Å². The highest BCUT2D eigenvalue weighted by molar-refractivity contribution is 9.10. The van der Waals surface area contributed by atoms with E-state index in [1.807, 2.05) is 12.1 Å². The number of amides is 1. The van der Waals surface area contributed by atoms with E-state index in [9.17, 15) is 4.79 Å². The molecule has 1 aromatic rings. The smallest absolute Gasteiger partial charge is 0.223 e. The first-order chi connectivity index (χ1) is 10.1. The molecule has 1 aromatic carbocycles. The maximum absolute atomic E-state index is 12.7. The van der Waals surface area contributed by atoms with E-state index < -0.39 is 0 Å². The van der Waals surface area contributed by atoms with Gasteiger partial charge in [0, 0.05) is 23.5 Å². The number of halogens is 1. The standard InChI is InChI=1S/C17H23BrN2O/c18-14-6-1-5-13(10-14)16-8-3-9-20(16)17(21)11-12-4-2-7-15(12)19/h1,5-6,10,12,15-16H,2-4,7-9,11,19H2/t12-,15+,16?/m0/s1. The van der Waals surface area contributed by atoms with Gasteiger partial charge in [-0.2, -0.15) is 0 Å². The van der Waals surface area contributed by atoms with Crippen LogP contribution in [0, 0.1) is 5.92 Å². The van der Waals surface area contributed by atoms with Crippen LogP contribution in [0.2, 0.25) is 0 Å². The fourth-order valence-electron chi connectivity index (χ4n) is 3.79. The second-order valence-corrected chi connectivity index (χ2v) is 7.27. The minimum absolute atomic E-state index is 0.223. The average Bonchev–Trinajstić information content (AvgIpc) is 3.08. The molecule has 1 amide bonds. The second-order valence-electron chi connectivity index (χ2n) is 6.36. The maximum Gasteiger partial charge on any atom is 0.223 e. The molecule has 1 aliphatic carbocycles. The summed E-state index contributed by atoms with van der Waals surface area (Å²) >= 11 is 3.53. The summed E-state index contributed by atoms with van der Waals surface area (Å²) in [4.78, 5) is 14.8. The third kappa shape index (κ3) is 3.32. The molecule has 2 aliphatic rings. The van der Waals surface area contributed by atoms with Crippen LogP contribution in [0.25, 0.3) is 0 Å². The number of nitrogens with two attached hydrogens (primary N) is 1. The summed E-state index contributed by atoms with van der Waals surface area (Å²) in [5, 5.41) is 0. The van der Waals surface area contributed by atoms with Crippen LogP contribution >= 0.6 is 15.9 Å². The van der Waals surface area contributed by atoms with Gasteiger partial charge in [-0.1, -0.05) is 34.5 Å². The van der Waals surface area contributed by atoms with Gasteiger partial charge >= 0.3 is 0 Å². The van der Waals surface area contributed by atoms with Gasteiger partial charge < -0.3 is 10.6 Å². The molecule has 21 heavy (non-hydrogen) atoms. The third-order valence-corrected chi connectivity index (χ3v) is 5.45. The van der Waals surface area contributed by atoms with Crippen LogP contribution in [0.5, 0.6) is 0 Å². The van der Waals surface area contributed by atoms with Crippen LogP contribution in [-0.4, -0.2) is 23.4 Å². The number of carbonyl (C=O) groups is 1. The quantitative estimate of drug-likeness (QED) is 0.904. The van der Waals surface area contributed by atoms with Crippen molar-refractivity contribution in [3.63, 3.8) is 0 Å². The minimum Gasteiger partial charge on any atom is -0.336 e. The van der Waals surface area contributed by atoms with Crippen molar-refractivity contribution in [3.8, 4) is 0 Å². The number of rotatable bonds is 3. The average molecular weight is 351 g/mol. The lowest BCUT2D eigenvalue weighted by Gasteiger charge is -2.27. The summed E-state index contributed by atoms with van der Waals surface area (Å²) in [5.74, 6) is 0.682. The largest absolute Gasteiger partial charge is 0.336 e. The zero-order valence-electron chi connectivity index (χ0n) is 12.3. The molecule has 4 heteroatoms. The Morgan fingerprint density at radius 2 is 2.14 bits per heavy atom. The van der Waals surface area contributed by atoms with Gasteiger partial charge in [0.2, 0.25) is 5.91 Å². The summed E-state index contributed by atoms with van der Waals surface area (Å²) < 4.78 is 1.08. The zero-order chi connectivity index (χ0) is 14.8. The van der Waals surface area contributed by atoms with Crippen LogP contribution in [0.15, 0.2) is 28.7 Å². The molecular formula is C17H23BrN2O. The molecule has 3 nitrogen and oxygen atoms in total. The lowest BCUT2D eigenvalue weighted by molar-refractivity contribution is -0.133. The summed E-state index contributed by atoms with van der Waals surface area (Å²) in [6.07, 6.45) is 6.16. The lowest BCUT2D eigenvalue weighted by atomic mass is 9.98. The molecule has 3 rings (SSSR count). The third-order valence-electron chi connectivity index (χ3n) is 4.96. The zero-order valence-corrected chi connectivity index (χ0v) is 13.9. The van der Waals surface area contributed by atoms with Gasteiger partial charge in [0.1, 0.15) is 0 Å². The number of carbonyl (C=O) groups excluding carboxylic acids is 1. The summed E-state index contributed by atoms with van der Waals surface area (Å²) in [5.41, 5.74) is 7.36. The van der Waals surface area contributed by atoms with Gasteiger partial charge in [0.05, 0.1) is 6.04 Å². The van der Waals surface area contributed by atoms with E-state index in [0.717, 1.165) is 36.7 Å². The number of hydrogen-bond acceptors (Lipinski definition) is 2. The molecule has 2 N–H and O–H groups in total. The highest BCUT2D eigenvalue weighted by Gasteiger charge is 2.33. The molecule has 0 radical (unpaired) electrons. The summed E-state index contributed by atoms with van der Waals surface area (Å²) in [6, 6.07) is 8.81. The molecule has 1 unspecified atom stereocenters. The van der Waals surface area contributed by atoms with Crippen LogP contribution in [0.4, 0.5) is 0 Å². The van der Waals surface area contributed by atoms with Gasteiger partial charge in [-0.3, -0.25) is 4.79 Å². The van der Waals surface area contributed by atoms with Crippen molar-refractivity contribution in [3.05, 3.63) is 34.3 Å². The van der Waals surface area contributed by atoms with Crippen molar-refractivity contribution in [2.45, 2.75) is 50.6 Å². The molecule has 114 valence electrons. The molecule has 1 saturated heterocycles. The van der Waals surface area contributed by atoms with Gasteiger partial charge in [0.25, 0.3) is 0 Å². The molecule has 0 aromatic heterocycles. The number of likely N-dealkylation sites (tertiary alicyclic amines) is 1. The topological polar surface area (TPSA) is 46.3 Å². The van der Waals surface area contributed by atoms with Crippen molar-refractivity contribution in [1.82, 2.24) is 4.90 Å². The first kappa shape index (κ1) is 15.0. The van der Waals surface area contributed by atoms with E-state index >= 15 is 0 Å². The molecule has 3 atom stereocenters. The monoisotopic (exact) mass is 350 g/mol. The molecular weight excluding hydrogens is 328 g/mol. The van der Waals surface area contributed by atoms with Gasteiger partial charge in [0.15, 0.2) is 0 Å². The van der Waals surface area contributed by atoms with Crippen molar-refractivity contribution in [1.29, 1.82) is 0 Å². The maximum atomic E-state index is 12.7. The molecule has 1 aliphatic heterocycles. The normalized spacial score (nSPS) is 29.0. The highest BCUT2D eigenvalue weighted by Crippen LogP contribution is 2.35. The lowest BCUT2D eigenvalue weighted by Crippen LogP contribution is -2.35. The summed E-state index contributed by atoms with van der Waals surface area (Å²) in [6.45, 7) is 0.887. The number of nitrogens with zero attached hydrogens (tertiary/aromatic N) is 1. The Morgan fingerprint density at radius 1 is 1.29 bits per heavy atom. The van der Waals surface area contributed by atoms with Crippen LogP contribution in [-0.2, 0) is 4.79 Å². The van der Waals surface area contributed by atoms with E-state index in [-0.39, 0.29) is 12.1 Å². The first-order valence-corrected chi connectivity index (χ1v) is 8.75. The Morgan fingerprint density at radius 3 is 2.86 bits per heavy atom. The molecule has 2 fully saturated rings. The van der Waals surface area contributed by atoms with Gasteiger partial charge in [-0.05, 0) is 49.3 Å². The molecule has 0 bridgehead atoms. The predicted molar refractivity (Wildman–Crippen MR) is 87.8 cm³/mol. The first-order valence-electron chi connectivity index (χ1n) is 7.95. The fraction of sp³-hybridized carbons (Fsp3) is 0.588. The Balaban J connectivity index is 1.70. The van der Waals surface area contributed by atoms with E-state index in [4.69, 9.17) is 5.73 Å². The van der Waals surface area contributed by atoms with Crippen LogP contribution < -0.4 is 5.73 Å². The van der Waals surface area contributed by atoms with Gasteiger partial charge in [-0.25, -0.2) is 0 Å². The van der Waals surface area contributed by atoms with E-state index in [2.05, 4.69) is 33.0 Å². The fourth-order valence-corrected chi connectivity index (χ4v) is 4.20. The summed E-state index contributed by atoms with van der Waals surface area (Å²) in [7, 11) is 0. The molecule has 0 spiro atoms. The number of hydrogen-bond donors (Lipinski definition) is 1. The second kappa shape index (κ2) is 6.49. The minimum atomic E-state index is 0.223.